The molecule has 0 spiro atoms. The molecule has 100 valence electrons. The van der Waals surface area contributed by atoms with Gasteiger partial charge in [0, 0.05) is 0 Å². The summed E-state index contributed by atoms with van der Waals surface area (Å²) in [6, 6.07) is 9.31. The van der Waals surface area contributed by atoms with Crippen molar-refractivity contribution in [3.63, 3.8) is 0 Å². The molecule has 2 atom stereocenters. The van der Waals surface area contributed by atoms with Crippen LogP contribution in [0.2, 0.25) is 0 Å². The van der Waals surface area contributed by atoms with Gasteiger partial charge in [-0.05, 0) is 25.0 Å². The Labute approximate surface area is 109 Å². The molecule has 1 heterocycles. The minimum absolute atomic E-state index is 0.265. The van der Waals surface area contributed by atoms with Gasteiger partial charge >= 0.3 is 7.60 Å². The van der Waals surface area contributed by atoms with E-state index in [4.69, 9.17) is 9.05 Å². The quantitative estimate of drug-likeness (QED) is 0.706. The molecule has 1 saturated heterocycles. The lowest BCUT2D eigenvalue weighted by Crippen LogP contribution is -2.45. The van der Waals surface area contributed by atoms with Gasteiger partial charge in [-0.1, -0.05) is 44.9 Å². The molecular weight excluding hydrogens is 247 g/mol. The second-order valence-corrected chi connectivity index (χ2v) is 7.24. The van der Waals surface area contributed by atoms with Gasteiger partial charge in [-0.15, -0.1) is 0 Å². The van der Waals surface area contributed by atoms with Crippen LogP contribution < -0.4 is 4.52 Å². The van der Waals surface area contributed by atoms with E-state index in [0.29, 0.717) is 12.4 Å². The standard InChI is InChI=1S/C14H21O3P/c1-3-5-11-14(4-2)12-16-18(14,15)17-13-9-7-6-8-10-13/h6-10H,3-5,11-12H2,1-2H3. The monoisotopic (exact) mass is 268 g/mol. The Morgan fingerprint density at radius 1 is 1.33 bits per heavy atom. The summed E-state index contributed by atoms with van der Waals surface area (Å²) < 4.78 is 23.8. The van der Waals surface area contributed by atoms with Crippen LogP contribution in [-0.4, -0.2) is 11.8 Å². The van der Waals surface area contributed by atoms with Crippen molar-refractivity contribution in [2.45, 2.75) is 44.7 Å². The maximum Gasteiger partial charge on any atom is 0.387 e. The normalized spacial score (nSPS) is 30.8. The smallest absolute Gasteiger partial charge is 0.387 e. The van der Waals surface area contributed by atoms with Crippen molar-refractivity contribution < 1.29 is 13.6 Å². The molecule has 1 aromatic carbocycles. The molecule has 18 heavy (non-hydrogen) atoms. The first-order valence-corrected chi connectivity index (χ1v) is 8.19. The number of hydrogen-bond acceptors (Lipinski definition) is 3. The minimum Gasteiger partial charge on any atom is -0.424 e. The number of rotatable bonds is 6. The maximum atomic E-state index is 12.8. The van der Waals surface area contributed by atoms with Crippen molar-refractivity contribution in [2.75, 3.05) is 6.61 Å². The topological polar surface area (TPSA) is 35.5 Å². The van der Waals surface area contributed by atoms with E-state index in [2.05, 4.69) is 13.8 Å². The third-order valence-corrected chi connectivity index (χ3v) is 6.46. The molecular formula is C14H21O3P. The zero-order valence-electron chi connectivity index (χ0n) is 11.1. The van der Waals surface area contributed by atoms with Gasteiger partial charge in [0.2, 0.25) is 0 Å². The average molecular weight is 268 g/mol. The molecule has 1 aromatic rings. The number of benzene rings is 1. The van der Waals surface area contributed by atoms with Gasteiger partial charge in [0.05, 0.1) is 6.61 Å². The minimum atomic E-state index is -2.99. The third-order valence-electron chi connectivity index (χ3n) is 3.71. The van der Waals surface area contributed by atoms with Gasteiger partial charge in [-0.25, -0.2) is 4.57 Å². The van der Waals surface area contributed by atoms with Crippen LogP contribution in [0.25, 0.3) is 0 Å². The molecule has 1 fully saturated rings. The second kappa shape index (κ2) is 5.46. The fourth-order valence-electron chi connectivity index (χ4n) is 2.28. The highest BCUT2D eigenvalue weighted by atomic mass is 31.2. The van der Waals surface area contributed by atoms with E-state index in [-0.39, 0.29) is 5.16 Å². The average Bonchev–Trinajstić information content (AvgIpc) is 2.40. The highest BCUT2D eigenvalue weighted by molar-refractivity contribution is 7.57. The van der Waals surface area contributed by atoms with Crippen molar-refractivity contribution in [3.8, 4) is 5.75 Å². The molecule has 0 N–H and O–H groups in total. The van der Waals surface area contributed by atoms with Crippen LogP contribution in [0.3, 0.4) is 0 Å². The van der Waals surface area contributed by atoms with Crippen molar-refractivity contribution in [2.24, 2.45) is 0 Å². The fraction of sp³-hybridized carbons (Fsp3) is 0.571. The lowest BCUT2D eigenvalue weighted by molar-refractivity contribution is 0.120. The summed E-state index contributed by atoms with van der Waals surface area (Å²) in [5, 5.41) is -0.265. The van der Waals surface area contributed by atoms with Gasteiger partial charge < -0.3 is 4.52 Å². The van der Waals surface area contributed by atoms with E-state index in [1.54, 1.807) is 0 Å². The Balaban J connectivity index is 2.13. The zero-order chi connectivity index (χ0) is 13.1. The molecule has 0 saturated carbocycles. The van der Waals surface area contributed by atoms with E-state index in [0.717, 1.165) is 25.7 Å². The van der Waals surface area contributed by atoms with Crippen molar-refractivity contribution >= 4 is 7.60 Å². The molecule has 3 nitrogen and oxygen atoms in total. The maximum absolute atomic E-state index is 12.8. The molecule has 0 bridgehead atoms. The first-order valence-electron chi connectivity index (χ1n) is 6.65. The largest absolute Gasteiger partial charge is 0.424 e. The predicted octanol–water partition coefficient (Wildman–Crippen LogP) is 4.63. The first-order chi connectivity index (χ1) is 8.66. The second-order valence-electron chi connectivity index (χ2n) is 4.86. The van der Waals surface area contributed by atoms with Crippen LogP contribution >= 0.6 is 7.60 Å². The van der Waals surface area contributed by atoms with Crippen LogP contribution in [-0.2, 0) is 9.09 Å². The summed E-state index contributed by atoms with van der Waals surface area (Å²) in [5.74, 6) is 0.634. The highest BCUT2D eigenvalue weighted by Crippen LogP contribution is 2.70. The van der Waals surface area contributed by atoms with Crippen molar-refractivity contribution in [1.29, 1.82) is 0 Å². The molecule has 2 rings (SSSR count). The molecule has 0 aromatic heterocycles. The van der Waals surface area contributed by atoms with Crippen LogP contribution in [0.15, 0.2) is 30.3 Å². The molecule has 4 heteroatoms. The zero-order valence-corrected chi connectivity index (χ0v) is 12.0. The summed E-state index contributed by atoms with van der Waals surface area (Å²) in [7, 11) is -2.99. The molecule has 0 aliphatic carbocycles. The number of unbranched alkanes of at least 4 members (excludes halogenated alkanes) is 1. The van der Waals surface area contributed by atoms with E-state index < -0.39 is 7.60 Å². The van der Waals surface area contributed by atoms with Gasteiger partial charge in [0.15, 0.2) is 0 Å². The molecule has 0 amide bonds. The van der Waals surface area contributed by atoms with Gasteiger partial charge in [0.1, 0.15) is 10.9 Å². The van der Waals surface area contributed by atoms with E-state index in [1.165, 1.54) is 0 Å². The number of para-hydroxylation sites is 1. The van der Waals surface area contributed by atoms with Crippen LogP contribution in [0.4, 0.5) is 0 Å². The summed E-state index contributed by atoms with van der Waals surface area (Å²) >= 11 is 0. The fourth-order valence-corrected chi connectivity index (χ4v) is 4.45. The first kappa shape index (κ1) is 13.6. The summed E-state index contributed by atoms with van der Waals surface area (Å²) in [5.41, 5.74) is 0. The Hall–Kier alpha value is -0.790. The Morgan fingerprint density at radius 3 is 2.56 bits per heavy atom. The summed E-state index contributed by atoms with van der Waals surface area (Å²) in [6.45, 7) is 4.78. The van der Waals surface area contributed by atoms with Crippen LogP contribution in [0.5, 0.6) is 5.75 Å². The van der Waals surface area contributed by atoms with Crippen molar-refractivity contribution in [3.05, 3.63) is 30.3 Å². The molecule has 1 aliphatic rings. The third kappa shape index (κ3) is 2.34. The summed E-state index contributed by atoms with van der Waals surface area (Å²) in [6.07, 6.45) is 3.94. The summed E-state index contributed by atoms with van der Waals surface area (Å²) in [4.78, 5) is 0. The Kier molecular flexibility index (Phi) is 4.14. The van der Waals surface area contributed by atoms with Gasteiger partial charge in [-0.2, -0.15) is 0 Å². The lowest BCUT2D eigenvalue weighted by atomic mass is 9.99. The lowest BCUT2D eigenvalue weighted by Gasteiger charge is -2.46. The Bertz CT molecular complexity index is 428. The molecule has 2 unspecified atom stereocenters. The SMILES string of the molecule is CCCCC1(CC)COP1(=O)Oc1ccccc1. The highest BCUT2D eigenvalue weighted by Gasteiger charge is 2.59. The number of hydrogen-bond donors (Lipinski definition) is 0. The predicted molar refractivity (Wildman–Crippen MR) is 73.2 cm³/mol. The van der Waals surface area contributed by atoms with E-state index in [1.807, 2.05) is 30.3 Å². The van der Waals surface area contributed by atoms with E-state index in [9.17, 15) is 4.57 Å². The van der Waals surface area contributed by atoms with Crippen LogP contribution in [0, 0.1) is 0 Å². The molecule has 1 aliphatic heterocycles. The van der Waals surface area contributed by atoms with E-state index >= 15 is 0 Å². The van der Waals surface area contributed by atoms with Gasteiger partial charge in [-0.3, -0.25) is 4.52 Å². The van der Waals surface area contributed by atoms with Gasteiger partial charge in [0.25, 0.3) is 0 Å². The van der Waals surface area contributed by atoms with Crippen molar-refractivity contribution in [1.82, 2.24) is 0 Å². The molecule has 0 radical (unpaired) electrons. The van der Waals surface area contributed by atoms with Crippen LogP contribution in [0.1, 0.15) is 39.5 Å². The Morgan fingerprint density at radius 2 is 2.06 bits per heavy atom.